The first-order chi connectivity index (χ1) is 10.1. The summed E-state index contributed by atoms with van der Waals surface area (Å²) in [5.74, 6) is 0. The molecular weight excluding hydrogens is 306 g/mol. The van der Waals surface area contributed by atoms with E-state index in [0.717, 1.165) is 12.1 Å². The van der Waals surface area contributed by atoms with Gasteiger partial charge in [0.2, 0.25) is 0 Å². The minimum Gasteiger partial charge on any atom is -0.166 e. The van der Waals surface area contributed by atoms with Gasteiger partial charge in [-0.1, -0.05) is 48.5 Å². The maximum atomic E-state index is 12.3. The normalized spacial score (nSPS) is 10.2. The zero-order valence-corrected chi connectivity index (χ0v) is 14.2. The van der Waals surface area contributed by atoms with Crippen LogP contribution in [0.25, 0.3) is 0 Å². The second-order valence-corrected chi connectivity index (χ2v) is 3.27. The summed E-state index contributed by atoms with van der Waals surface area (Å²) in [6.45, 7) is 13.5. The Morgan fingerprint density at radius 2 is 0.909 bits per heavy atom. The molecular formula is C16H26F6. The van der Waals surface area contributed by atoms with E-state index in [-0.39, 0.29) is 18.1 Å². The van der Waals surface area contributed by atoms with Gasteiger partial charge >= 0.3 is 12.4 Å². The van der Waals surface area contributed by atoms with E-state index in [1.165, 1.54) is 6.92 Å². The van der Waals surface area contributed by atoms with Crippen LogP contribution in [0.1, 0.15) is 65.2 Å². The molecule has 0 radical (unpaired) electrons. The van der Waals surface area contributed by atoms with Gasteiger partial charge in [0.15, 0.2) is 0 Å². The molecule has 0 aromatic heterocycles. The molecule has 132 valence electrons. The van der Waals surface area contributed by atoms with Crippen molar-refractivity contribution >= 4 is 0 Å². The number of hydrogen-bond acceptors (Lipinski definition) is 0. The third-order valence-corrected chi connectivity index (χ3v) is 2.06. The lowest BCUT2D eigenvalue weighted by Crippen LogP contribution is -2.11. The van der Waals surface area contributed by atoms with Crippen molar-refractivity contribution in [2.45, 2.75) is 67.2 Å². The number of aryl methyl sites for hydroxylation is 1. The molecule has 22 heavy (non-hydrogen) atoms. The maximum Gasteiger partial charge on any atom is 0.416 e. The molecule has 0 fully saturated rings. The summed E-state index contributed by atoms with van der Waals surface area (Å²) < 4.78 is 73.8. The van der Waals surface area contributed by atoms with E-state index in [2.05, 4.69) is 0 Å². The minimum absolute atomic E-state index is 0.0159. The largest absolute Gasteiger partial charge is 0.416 e. The molecule has 6 heteroatoms. The fraction of sp³-hybridized carbons (Fsp3) is 0.625. The van der Waals surface area contributed by atoms with Crippen molar-refractivity contribution in [3.8, 4) is 0 Å². The average molecular weight is 332 g/mol. The Morgan fingerprint density at radius 3 is 1.09 bits per heavy atom. The molecule has 0 atom stereocenters. The Morgan fingerprint density at radius 1 is 0.636 bits per heavy atom. The fourth-order valence-corrected chi connectivity index (χ4v) is 1.22. The van der Waals surface area contributed by atoms with Gasteiger partial charge < -0.3 is 0 Å². The molecule has 0 unspecified atom stereocenters. The number of halogens is 6. The molecule has 0 aliphatic rings. The molecule has 0 spiro atoms. The summed E-state index contributed by atoms with van der Waals surface area (Å²) >= 11 is 0. The summed E-state index contributed by atoms with van der Waals surface area (Å²) in [6, 6.07) is 1.59. The Bertz CT molecular complexity index is 345. The zero-order valence-electron chi connectivity index (χ0n) is 14.2. The first-order valence-corrected chi connectivity index (χ1v) is 7.43. The van der Waals surface area contributed by atoms with Crippen molar-refractivity contribution in [3.05, 3.63) is 34.9 Å². The van der Waals surface area contributed by atoms with Crippen molar-refractivity contribution in [1.29, 1.82) is 0 Å². The molecule has 0 bridgehead atoms. The Hall–Kier alpha value is -1.20. The molecule has 0 heterocycles. The van der Waals surface area contributed by atoms with Crippen LogP contribution in [0.5, 0.6) is 0 Å². The third-order valence-electron chi connectivity index (χ3n) is 2.06. The van der Waals surface area contributed by atoms with Gasteiger partial charge in [-0.2, -0.15) is 26.3 Å². The molecule has 1 aromatic carbocycles. The van der Waals surface area contributed by atoms with Crippen molar-refractivity contribution in [3.63, 3.8) is 0 Å². The monoisotopic (exact) mass is 332 g/mol. The lowest BCUT2D eigenvalue weighted by atomic mass is 10.0. The number of rotatable bonds is 1. The van der Waals surface area contributed by atoms with Gasteiger partial charge in [-0.05, 0) is 30.2 Å². The van der Waals surface area contributed by atoms with Crippen molar-refractivity contribution in [2.75, 3.05) is 0 Å². The Labute approximate surface area is 129 Å². The predicted molar refractivity (Wildman–Crippen MR) is 79.9 cm³/mol. The summed E-state index contributed by atoms with van der Waals surface area (Å²) in [4.78, 5) is 0. The molecule has 0 aliphatic carbocycles. The van der Waals surface area contributed by atoms with Crippen LogP contribution in [0.3, 0.4) is 0 Å². The van der Waals surface area contributed by atoms with Crippen LogP contribution in [0.2, 0.25) is 0 Å². The lowest BCUT2D eigenvalue weighted by molar-refractivity contribution is -0.143. The highest BCUT2D eigenvalue weighted by Gasteiger charge is 2.36. The molecule has 0 aliphatic heterocycles. The molecule has 1 rings (SSSR count). The van der Waals surface area contributed by atoms with E-state index in [9.17, 15) is 26.3 Å². The summed E-state index contributed by atoms with van der Waals surface area (Å²) in [5, 5.41) is 0. The van der Waals surface area contributed by atoms with Gasteiger partial charge in [0, 0.05) is 0 Å². The van der Waals surface area contributed by atoms with Gasteiger partial charge in [0.1, 0.15) is 0 Å². The second kappa shape index (κ2) is 12.4. The smallest absolute Gasteiger partial charge is 0.166 e. The molecule has 1 aromatic rings. The van der Waals surface area contributed by atoms with E-state index in [4.69, 9.17) is 0 Å². The Kier molecular flexibility index (Phi) is 14.5. The van der Waals surface area contributed by atoms with E-state index in [1.807, 2.05) is 41.5 Å². The summed E-state index contributed by atoms with van der Waals surface area (Å²) in [5.41, 5.74) is -2.51. The molecule has 0 N–H and O–H groups in total. The van der Waals surface area contributed by atoms with Crippen molar-refractivity contribution in [2.24, 2.45) is 0 Å². The minimum atomic E-state index is -4.76. The second-order valence-electron chi connectivity index (χ2n) is 3.27. The Balaban J connectivity index is -0.000000535. The van der Waals surface area contributed by atoms with E-state index < -0.39 is 23.5 Å². The zero-order chi connectivity index (χ0) is 18.6. The topological polar surface area (TPSA) is 0 Å². The molecule has 0 saturated carbocycles. The van der Waals surface area contributed by atoms with E-state index in [0.29, 0.717) is 0 Å². The first kappa shape index (κ1) is 25.7. The van der Waals surface area contributed by atoms with Crippen LogP contribution in [-0.2, 0) is 18.8 Å². The van der Waals surface area contributed by atoms with Gasteiger partial charge in [-0.15, -0.1) is 0 Å². The van der Waals surface area contributed by atoms with Crippen LogP contribution in [0.15, 0.2) is 18.2 Å². The first-order valence-electron chi connectivity index (χ1n) is 7.43. The number of hydrogen-bond donors (Lipinski definition) is 0. The maximum absolute atomic E-state index is 12.3. The highest BCUT2D eigenvalue weighted by molar-refractivity contribution is 5.33. The van der Waals surface area contributed by atoms with E-state index >= 15 is 0 Å². The number of benzene rings is 1. The van der Waals surface area contributed by atoms with Gasteiger partial charge in [-0.25, -0.2) is 0 Å². The lowest BCUT2D eigenvalue weighted by Gasteiger charge is -2.13. The van der Waals surface area contributed by atoms with Crippen molar-refractivity contribution in [1.82, 2.24) is 0 Å². The van der Waals surface area contributed by atoms with E-state index in [1.54, 1.807) is 0 Å². The summed E-state index contributed by atoms with van der Waals surface area (Å²) in [7, 11) is 0. The van der Waals surface area contributed by atoms with Crippen LogP contribution >= 0.6 is 0 Å². The predicted octanol–water partition coefficient (Wildman–Crippen LogP) is 7.37. The fourth-order valence-electron chi connectivity index (χ4n) is 1.22. The molecule has 0 nitrogen and oxygen atoms in total. The van der Waals surface area contributed by atoms with Crippen molar-refractivity contribution < 1.29 is 26.3 Å². The third kappa shape index (κ3) is 9.68. The summed E-state index contributed by atoms with van der Waals surface area (Å²) in [6.07, 6.45) is -9.40. The van der Waals surface area contributed by atoms with Crippen LogP contribution in [0, 0.1) is 0 Å². The standard InChI is InChI=1S/C10H8F6.3C2H6/c1-2-6-3-7(9(11,12)13)5-8(4-6)10(14,15)16;3*1-2/h3-5H,2H2,1H3;3*1-2H3. The van der Waals surface area contributed by atoms with Crippen LogP contribution in [-0.4, -0.2) is 0 Å². The molecule has 0 amide bonds. The van der Waals surface area contributed by atoms with Gasteiger partial charge in [0.25, 0.3) is 0 Å². The number of alkyl halides is 6. The average Bonchev–Trinajstić information content (AvgIpc) is 2.51. The highest BCUT2D eigenvalue weighted by atomic mass is 19.4. The quantitative estimate of drug-likeness (QED) is 0.471. The SMILES string of the molecule is CC.CC.CC.CCc1cc(C(F)(F)F)cc(C(F)(F)F)c1. The molecule has 0 saturated heterocycles. The van der Waals surface area contributed by atoms with Gasteiger partial charge in [-0.3, -0.25) is 0 Å². The highest BCUT2D eigenvalue weighted by Crippen LogP contribution is 2.36. The van der Waals surface area contributed by atoms with Gasteiger partial charge in [0.05, 0.1) is 11.1 Å². The van der Waals surface area contributed by atoms with Crippen LogP contribution in [0.4, 0.5) is 26.3 Å². The van der Waals surface area contributed by atoms with Crippen LogP contribution < -0.4 is 0 Å².